The maximum absolute atomic E-state index is 11.9. The van der Waals surface area contributed by atoms with Gasteiger partial charge in [-0.1, -0.05) is 23.7 Å². The van der Waals surface area contributed by atoms with Crippen LogP contribution < -0.4 is 0 Å². The van der Waals surface area contributed by atoms with Crippen molar-refractivity contribution in [3.05, 3.63) is 70.6 Å². The highest BCUT2D eigenvalue weighted by molar-refractivity contribution is 8.01. The van der Waals surface area contributed by atoms with Gasteiger partial charge in [0.1, 0.15) is 5.52 Å². The van der Waals surface area contributed by atoms with Crippen molar-refractivity contribution in [3.63, 3.8) is 0 Å². The van der Waals surface area contributed by atoms with Crippen LogP contribution in [0.2, 0.25) is 5.02 Å². The van der Waals surface area contributed by atoms with Gasteiger partial charge in [0.05, 0.1) is 0 Å². The summed E-state index contributed by atoms with van der Waals surface area (Å²) >= 11 is 7.05. The molecule has 0 radical (unpaired) electrons. The smallest absolute Gasteiger partial charge is 0.261 e. The number of halogens is 1. The molecule has 0 atom stereocenters. The first-order valence-corrected chi connectivity index (χ1v) is 7.47. The molecule has 0 saturated carbocycles. The Morgan fingerprint density at radius 1 is 1.14 bits per heavy atom. The molecule has 0 aliphatic heterocycles. The lowest BCUT2D eigenvalue weighted by Crippen LogP contribution is -1.92. The summed E-state index contributed by atoms with van der Waals surface area (Å²) in [6, 6.07) is 14.3. The second-order valence-electron chi connectivity index (χ2n) is 4.24. The van der Waals surface area contributed by atoms with Gasteiger partial charge < -0.3 is 4.42 Å². The van der Waals surface area contributed by atoms with Crippen LogP contribution in [0.5, 0.6) is 0 Å². The molecule has 0 aliphatic carbocycles. The van der Waals surface area contributed by atoms with E-state index in [9.17, 15) is 4.79 Å². The SMILES string of the molecule is O=C(/C=C\Sc1nc2ccccc2o1)c1ccc(Cl)cc1. The van der Waals surface area contributed by atoms with Crippen molar-refractivity contribution >= 4 is 40.2 Å². The molecule has 5 heteroatoms. The zero-order valence-corrected chi connectivity index (χ0v) is 12.4. The van der Waals surface area contributed by atoms with Crippen LogP contribution in [0.25, 0.3) is 11.1 Å². The number of carbonyl (C=O) groups is 1. The van der Waals surface area contributed by atoms with Gasteiger partial charge >= 0.3 is 0 Å². The first-order valence-electron chi connectivity index (χ1n) is 6.21. The van der Waals surface area contributed by atoms with Crippen LogP contribution in [0.3, 0.4) is 0 Å². The second-order valence-corrected chi connectivity index (χ2v) is 5.53. The van der Waals surface area contributed by atoms with Crippen LogP contribution in [-0.4, -0.2) is 10.8 Å². The average Bonchev–Trinajstić information content (AvgIpc) is 2.90. The Bertz CT molecular complexity index is 776. The third-order valence-electron chi connectivity index (χ3n) is 2.79. The van der Waals surface area contributed by atoms with E-state index in [1.54, 1.807) is 29.7 Å². The number of ketones is 1. The number of oxazole rings is 1. The number of benzene rings is 2. The fraction of sp³-hybridized carbons (Fsp3) is 0. The van der Waals surface area contributed by atoms with Gasteiger partial charge in [-0.2, -0.15) is 0 Å². The molecule has 2 aromatic carbocycles. The van der Waals surface area contributed by atoms with Crippen molar-refractivity contribution in [1.29, 1.82) is 0 Å². The van der Waals surface area contributed by atoms with E-state index >= 15 is 0 Å². The molecule has 3 aromatic rings. The lowest BCUT2D eigenvalue weighted by molar-refractivity contribution is 0.104. The molecule has 0 bridgehead atoms. The van der Waals surface area contributed by atoms with E-state index < -0.39 is 0 Å². The molecule has 3 nitrogen and oxygen atoms in total. The standard InChI is InChI=1S/C16H10ClNO2S/c17-12-7-5-11(6-8-12)14(19)9-10-21-16-18-13-3-1-2-4-15(13)20-16/h1-10H/b10-9-. The molecule has 21 heavy (non-hydrogen) atoms. The first-order chi connectivity index (χ1) is 10.2. The minimum atomic E-state index is -0.0877. The van der Waals surface area contributed by atoms with Gasteiger partial charge in [-0.05, 0) is 59.6 Å². The molecule has 0 fully saturated rings. The molecular formula is C16H10ClNO2S. The topological polar surface area (TPSA) is 43.1 Å². The monoisotopic (exact) mass is 315 g/mol. The lowest BCUT2D eigenvalue weighted by Gasteiger charge is -1.95. The summed E-state index contributed by atoms with van der Waals surface area (Å²) in [7, 11) is 0. The Hall–Kier alpha value is -2.04. The van der Waals surface area contributed by atoms with Crippen LogP contribution in [-0.2, 0) is 0 Å². The highest BCUT2D eigenvalue weighted by atomic mass is 35.5. The molecule has 104 valence electrons. The van der Waals surface area contributed by atoms with E-state index in [0.29, 0.717) is 15.8 Å². The predicted octanol–water partition coefficient (Wildman–Crippen LogP) is 4.97. The number of nitrogens with zero attached hydrogens (tertiary/aromatic N) is 1. The molecule has 0 spiro atoms. The molecule has 0 saturated heterocycles. The van der Waals surface area contributed by atoms with Gasteiger partial charge in [-0.25, -0.2) is 4.98 Å². The van der Waals surface area contributed by atoms with Crippen LogP contribution in [0.15, 0.2) is 69.7 Å². The summed E-state index contributed by atoms with van der Waals surface area (Å²) in [5.41, 5.74) is 2.13. The Morgan fingerprint density at radius 3 is 2.67 bits per heavy atom. The molecule has 1 heterocycles. The fourth-order valence-corrected chi connectivity index (χ4v) is 2.49. The lowest BCUT2D eigenvalue weighted by atomic mass is 10.1. The number of hydrogen-bond donors (Lipinski definition) is 0. The molecule has 3 rings (SSSR count). The van der Waals surface area contributed by atoms with Gasteiger partial charge in [-0.15, -0.1) is 0 Å². The van der Waals surface area contributed by atoms with Crippen LogP contribution in [0, 0.1) is 0 Å². The molecule has 0 N–H and O–H groups in total. The van der Waals surface area contributed by atoms with E-state index in [2.05, 4.69) is 4.98 Å². The van der Waals surface area contributed by atoms with Gasteiger partial charge in [0.15, 0.2) is 11.4 Å². The Morgan fingerprint density at radius 2 is 1.90 bits per heavy atom. The van der Waals surface area contributed by atoms with Crippen molar-refractivity contribution in [3.8, 4) is 0 Å². The minimum Gasteiger partial charge on any atom is -0.431 e. The average molecular weight is 316 g/mol. The van der Waals surface area contributed by atoms with Gasteiger partial charge in [0.25, 0.3) is 5.22 Å². The number of aromatic nitrogens is 1. The molecule has 0 aliphatic rings. The Labute approximate surface area is 130 Å². The maximum atomic E-state index is 11.9. The zero-order chi connectivity index (χ0) is 14.7. The highest BCUT2D eigenvalue weighted by Crippen LogP contribution is 2.24. The van der Waals surface area contributed by atoms with E-state index in [1.165, 1.54) is 17.8 Å². The van der Waals surface area contributed by atoms with Crippen molar-refractivity contribution in [2.45, 2.75) is 5.22 Å². The van der Waals surface area contributed by atoms with Crippen LogP contribution in [0.1, 0.15) is 10.4 Å². The normalized spacial score (nSPS) is 11.3. The third kappa shape index (κ3) is 3.35. The largest absolute Gasteiger partial charge is 0.431 e. The second kappa shape index (κ2) is 6.16. The maximum Gasteiger partial charge on any atom is 0.261 e. The van der Waals surface area contributed by atoms with Crippen molar-refractivity contribution in [1.82, 2.24) is 4.98 Å². The number of thioether (sulfide) groups is 1. The molecule has 0 amide bonds. The number of fused-ring (bicyclic) bond motifs is 1. The van der Waals surface area contributed by atoms with Crippen molar-refractivity contribution in [2.24, 2.45) is 0 Å². The van der Waals surface area contributed by atoms with Crippen molar-refractivity contribution < 1.29 is 9.21 Å². The van der Waals surface area contributed by atoms with E-state index in [4.69, 9.17) is 16.0 Å². The van der Waals surface area contributed by atoms with E-state index in [1.807, 2.05) is 24.3 Å². The third-order valence-corrected chi connectivity index (χ3v) is 3.69. The van der Waals surface area contributed by atoms with E-state index in [0.717, 1.165) is 11.1 Å². The first kappa shape index (κ1) is 13.9. The van der Waals surface area contributed by atoms with Crippen LogP contribution >= 0.6 is 23.4 Å². The number of rotatable bonds is 4. The number of hydrogen-bond acceptors (Lipinski definition) is 4. The summed E-state index contributed by atoms with van der Waals surface area (Å²) in [6.07, 6.45) is 1.49. The van der Waals surface area contributed by atoms with Gasteiger partial charge in [-0.3, -0.25) is 4.79 Å². The van der Waals surface area contributed by atoms with Crippen LogP contribution in [0.4, 0.5) is 0 Å². The zero-order valence-electron chi connectivity index (χ0n) is 10.8. The predicted molar refractivity (Wildman–Crippen MR) is 84.8 cm³/mol. The summed E-state index contributed by atoms with van der Waals surface area (Å²) in [4.78, 5) is 16.2. The van der Waals surface area contributed by atoms with E-state index in [-0.39, 0.29) is 5.78 Å². The highest BCUT2D eigenvalue weighted by Gasteiger charge is 2.05. The van der Waals surface area contributed by atoms with Gasteiger partial charge in [0.2, 0.25) is 0 Å². The molecule has 0 unspecified atom stereocenters. The number of carbonyl (C=O) groups excluding carboxylic acids is 1. The number of allylic oxidation sites excluding steroid dienone is 1. The summed E-state index contributed by atoms with van der Waals surface area (Å²) in [5.74, 6) is -0.0877. The van der Waals surface area contributed by atoms with Crippen molar-refractivity contribution in [2.75, 3.05) is 0 Å². The van der Waals surface area contributed by atoms with Gasteiger partial charge in [0, 0.05) is 10.6 Å². The Balaban J connectivity index is 1.68. The summed E-state index contributed by atoms with van der Waals surface area (Å²) < 4.78 is 5.54. The molecular weight excluding hydrogens is 306 g/mol. The quantitative estimate of drug-likeness (QED) is 0.387. The molecule has 1 aromatic heterocycles. The summed E-state index contributed by atoms with van der Waals surface area (Å²) in [6.45, 7) is 0. The Kier molecular flexibility index (Phi) is 4.08. The fourth-order valence-electron chi connectivity index (χ4n) is 1.77. The number of para-hydroxylation sites is 2. The summed E-state index contributed by atoms with van der Waals surface area (Å²) in [5, 5.41) is 2.79. The minimum absolute atomic E-state index is 0.0877.